The van der Waals surface area contributed by atoms with Gasteiger partial charge in [-0.25, -0.2) is 4.79 Å². The molecule has 4 heteroatoms. The molecule has 1 aliphatic rings. The van der Waals surface area contributed by atoms with E-state index < -0.39 is 0 Å². The Morgan fingerprint density at radius 2 is 2.15 bits per heavy atom. The molecule has 110 valence electrons. The molecule has 2 amide bonds. The molecule has 1 fully saturated rings. The molecule has 1 aliphatic carbocycles. The molecular formula is C16H24N2O2. The summed E-state index contributed by atoms with van der Waals surface area (Å²) in [6.07, 6.45) is 2.50. The van der Waals surface area contributed by atoms with Gasteiger partial charge < -0.3 is 15.0 Å². The zero-order valence-electron chi connectivity index (χ0n) is 12.6. The lowest BCUT2D eigenvalue weighted by Crippen LogP contribution is -2.43. The molecule has 0 aliphatic heterocycles. The Balaban J connectivity index is 1.84. The molecule has 0 radical (unpaired) electrons. The number of hydrogen-bond acceptors (Lipinski definition) is 2. The number of rotatable bonds is 6. The lowest BCUT2D eigenvalue weighted by atomic mass is 10.1. The summed E-state index contributed by atoms with van der Waals surface area (Å²) in [6.45, 7) is 3.27. The number of ether oxygens (including phenoxy) is 1. The third kappa shape index (κ3) is 3.97. The van der Waals surface area contributed by atoms with E-state index in [0.717, 1.165) is 11.1 Å². The fourth-order valence-corrected chi connectivity index (χ4v) is 2.38. The number of carbonyl (C=O) groups is 1. The van der Waals surface area contributed by atoms with E-state index in [4.69, 9.17) is 4.74 Å². The second-order valence-electron chi connectivity index (χ2n) is 5.60. The molecule has 0 saturated heterocycles. The van der Waals surface area contributed by atoms with E-state index in [1.807, 2.05) is 30.1 Å². The summed E-state index contributed by atoms with van der Waals surface area (Å²) in [7, 11) is 3.56. The second-order valence-corrected chi connectivity index (χ2v) is 5.60. The van der Waals surface area contributed by atoms with Crippen molar-refractivity contribution in [1.82, 2.24) is 10.2 Å². The van der Waals surface area contributed by atoms with Gasteiger partial charge in [0.15, 0.2) is 0 Å². The molecule has 4 nitrogen and oxygen atoms in total. The highest BCUT2D eigenvalue weighted by Crippen LogP contribution is 2.34. The van der Waals surface area contributed by atoms with Gasteiger partial charge in [-0.05, 0) is 36.8 Å². The molecule has 0 spiro atoms. The highest BCUT2D eigenvalue weighted by molar-refractivity contribution is 5.74. The van der Waals surface area contributed by atoms with Crippen LogP contribution in [0.3, 0.4) is 0 Å². The maximum Gasteiger partial charge on any atom is 0.317 e. The highest BCUT2D eigenvalue weighted by Gasteiger charge is 2.32. The van der Waals surface area contributed by atoms with Gasteiger partial charge in [-0.3, -0.25) is 0 Å². The molecule has 2 rings (SSSR count). The minimum Gasteiger partial charge on any atom is -0.380 e. The molecule has 0 aromatic heterocycles. The maximum absolute atomic E-state index is 12.1. The van der Waals surface area contributed by atoms with Crippen molar-refractivity contribution >= 4 is 6.03 Å². The van der Waals surface area contributed by atoms with E-state index in [0.29, 0.717) is 25.1 Å². The van der Waals surface area contributed by atoms with Gasteiger partial charge in [-0.1, -0.05) is 24.3 Å². The average molecular weight is 276 g/mol. The number of benzene rings is 1. The average Bonchev–Trinajstić information content (AvgIpc) is 3.28. The maximum atomic E-state index is 12.1. The monoisotopic (exact) mass is 276 g/mol. The van der Waals surface area contributed by atoms with Crippen LogP contribution in [-0.4, -0.2) is 31.1 Å². The standard InChI is InChI=1S/C16H24N2O2/c1-12(15-7-8-15)18(2)16(19)17-10-13-5-4-6-14(9-13)11-20-3/h4-6,9,12,15H,7-8,10-11H2,1-3H3,(H,17,19)/t12-/m1/s1. The van der Waals surface area contributed by atoms with Gasteiger partial charge in [-0.15, -0.1) is 0 Å². The Morgan fingerprint density at radius 3 is 2.80 bits per heavy atom. The second kappa shape index (κ2) is 6.75. The van der Waals surface area contributed by atoms with Crippen molar-refractivity contribution in [3.63, 3.8) is 0 Å². The minimum atomic E-state index is 0.00143. The zero-order chi connectivity index (χ0) is 14.5. The van der Waals surface area contributed by atoms with Crippen molar-refractivity contribution in [3.05, 3.63) is 35.4 Å². The quantitative estimate of drug-likeness (QED) is 0.868. The van der Waals surface area contributed by atoms with Crippen LogP contribution in [0, 0.1) is 5.92 Å². The highest BCUT2D eigenvalue weighted by atomic mass is 16.5. The Labute approximate surface area is 121 Å². The number of nitrogens with one attached hydrogen (secondary N) is 1. The minimum absolute atomic E-state index is 0.00143. The van der Waals surface area contributed by atoms with Gasteiger partial charge in [-0.2, -0.15) is 0 Å². The van der Waals surface area contributed by atoms with Gasteiger partial charge in [0.2, 0.25) is 0 Å². The first-order valence-corrected chi connectivity index (χ1v) is 7.19. The summed E-state index contributed by atoms with van der Waals surface area (Å²) >= 11 is 0. The van der Waals surface area contributed by atoms with Crippen LogP contribution in [0.1, 0.15) is 30.9 Å². The summed E-state index contributed by atoms with van der Waals surface area (Å²) < 4.78 is 5.12. The van der Waals surface area contributed by atoms with E-state index in [1.54, 1.807) is 7.11 Å². The lowest BCUT2D eigenvalue weighted by molar-refractivity contribution is 0.184. The Morgan fingerprint density at radius 1 is 1.45 bits per heavy atom. The van der Waals surface area contributed by atoms with Crippen LogP contribution < -0.4 is 5.32 Å². The first kappa shape index (κ1) is 14.9. The predicted octanol–water partition coefficient (Wildman–Crippen LogP) is 2.77. The zero-order valence-corrected chi connectivity index (χ0v) is 12.6. The molecule has 1 saturated carbocycles. The van der Waals surface area contributed by atoms with Crippen molar-refractivity contribution in [2.24, 2.45) is 5.92 Å². The van der Waals surface area contributed by atoms with Gasteiger partial charge in [0.1, 0.15) is 0 Å². The summed E-state index contributed by atoms with van der Waals surface area (Å²) in [5.74, 6) is 0.691. The molecule has 1 N–H and O–H groups in total. The molecule has 1 atom stereocenters. The summed E-state index contributed by atoms with van der Waals surface area (Å²) in [4.78, 5) is 13.9. The van der Waals surface area contributed by atoms with E-state index in [9.17, 15) is 4.79 Å². The fraction of sp³-hybridized carbons (Fsp3) is 0.562. The largest absolute Gasteiger partial charge is 0.380 e. The van der Waals surface area contributed by atoms with Crippen LogP contribution in [-0.2, 0) is 17.9 Å². The molecular weight excluding hydrogens is 252 g/mol. The lowest BCUT2D eigenvalue weighted by Gasteiger charge is -2.25. The SMILES string of the molecule is COCc1cccc(CNC(=O)N(C)[C@H](C)C2CC2)c1. The van der Waals surface area contributed by atoms with E-state index in [1.165, 1.54) is 12.8 Å². The van der Waals surface area contributed by atoms with Gasteiger partial charge in [0.05, 0.1) is 6.61 Å². The first-order chi connectivity index (χ1) is 9.61. The fourth-order valence-electron chi connectivity index (χ4n) is 2.38. The number of methoxy groups -OCH3 is 1. The van der Waals surface area contributed by atoms with Gasteiger partial charge in [0, 0.05) is 26.7 Å². The molecule has 0 bridgehead atoms. The smallest absolute Gasteiger partial charge is 0.317 e. The van der Waals surface area contributed by atoms with Crippen molar-refractivity contribution < 1.29 is 9.53 Å². The van der Waals surface area contributed by atoms with E-state index >= 15 is 0 Å². The Kier molecular flexibility index (Phi) is 5.01. The first-order valence-electron chi connectivity index (χ1n) is 7.19. The van der Waals surface area contributed by atoms with Gasteiger partial charge in [0.25, 0.3) is 0 Å². The number of carbonyl (C=O) groups excluding carboxylic acids is 1. The van der Waals surface area contributed by atoms with Crippen LogP contribution in [0.4, 0.5) is 4.79 Å². The molecule has 20 heavy (non-hydrogen) atoms. The summed E-state index contributed by atoms with van der Waals surface area (Å²) in [6, 6.07) is 8.43. The number of hydrogen-bond donors (Lipinski definition) is 1. The number of nitrogens with zero attached hydrogens (tertiary/aromatic N) is 1. The molecule has 1 aromatic rings. The topological polar surface area (TPSA) is 41.6 Å². The summed E-state index contributed by atoms with van der Waals surface area (Å²) in [5.41, 5.74) is 2.22. The van der Waals surface area contributed by atoms with Crippen molar-refractivity contribution in [2.75, 3.05) is 14.2 Å². The van der Waals surface area contributed by atoms with Crippen molar-refractivity contribution in [1.29, 1.82) is 0 Å². The third-order valence-electron chi connectivity index (χ3n) is 3.98. The van der Waals surface area contributed by atoms with Crippen molar-refractivity contribution in [2.45, 2.75) is 39.0 Å². The number of amides is 2. The third-order valence-corrected chi connectivity index (χ3v) is 3.98. The van der Waals surface area contributed by atoms with Gasteiger partial charge >= 0.3 is 6.03 Å². The summed E-state index contributed by atoms with van der Waals surface area (Å²) in [5, 5.41) is 2.98. The van der Waals surface area contributed by atoms with Crippen molar-refractivity contribution in [3.8, 4) is 0 Å². The molecule has 0 unspecified atom stereocenters. The molecule has 0 heterocycles. The van der Waals surface area contributed by atoms with E-state index in [2.05, 4.69) is 18.3 Å². The van der Waals surface area contributed by atoms with E-state index in [-0.39, 0.29) is 6.03 Å². The Hall–Kier alpha value is -1.55. The predicted molar refractivity (Wildman–Crippen MR) is 79.3 cm³/mol. The van der Waals surface area contributed by atoms with Crippen LogP contribution >= 0.6 is 0 Å². The van der Waals surface area contributed by atoms with Crippen LogP contribution in [0.15, 0.2) is 24.3 Å². The van der Waals surface area contributed by atoms with Crippen LogP contribution in [0.5, 0.6) is 0 Å². The van der Waals surface area contributed by atoms with Crippen LogP contribution in [0.25, 0.3) is 0 Å². The van der Waals surface area contributed by atoms with Crippen LogP contribution in [0.2, 0.25) is 0 Å². The normalized spacial score (nSPS) is 15.8. The Bertz CT molecular complexity index is 458. The molecule has 1 aromatic carbocycles. The number of urea groups is 1.